The number of methoxy groups -OCH3 is 1. The number of ether oxygens (including phenoxy) is 1. The number of thiazole rings is 1. The molecule has 3 aromatic rings. The molecule has 1 amide bonds. The van der Waals surface area contributed by atoms with E-state index in [1.807, 2.05) is 42.8 Å². The van der Waals surface area contributed by atoms with E-state index in [1.165, 1.54) is 0 Å². The van der Waals surface area contributed by atoms with E-state index in [1.54, 1.807) is 18.4 Å². The second kappa shape index (κ2) is 7.19. The highest BCUT2D eigenvalue weighted by Crippen LogP contribution is 2.36. The van der Waals surface area contributed by atoms with Crippen molar-refractivity contribution in [2.75, 3.05) is 31.6 Å². The van der Waals surface area contributed by atoms with Crippen LogP contribution in [0, 0.1) is 19.8 Å². The summed E-state index contributed by atoms with van der Waals surface area (Å²) in [6.45, 7) is 6.69. The number of carbonyl (C=O) groups is 1. The normalized spacial score (nSPS) is 14.4. The Labute approximate surface area is 162 Å². The summed E-state index contributed by atoms with van der Waals surface area (Å²) in [5.41, 5.74) is 3.00. The standard InChI is InChI=1S/C19H23N5O2S/c1-12-9-13(2)24(22-12)8-7-20-18(25)14-10-23(11-14)19-21-17-15(26-3)5-4-6-16(17)27-19/h4-6,9,14H,7-8,10-11H2,1-3H3,(H,20,25). The maximum absolute atomic E-state index is 12.4. The molecule has 27 heavy (non-hydrogen) atoms. The molecule has 1 aliphatic heterocycles. The van der Waals surface area contributed by atoms with Gasteiger partial charge in [-0.25, -0.2) is 4.98 Å². The number of para-hydroxylation sites is 1. The van der Waals surface area contributed by atoms with Gasteiger partial charge in [-0.15, -0.1) is 0 Å². The van der Waals surface area contributed by atoms with Crippen LogP contribution in [0.25, 0.3) is 10.2 Å². The van der Waals surface area contributed by atoms with Crippen molar-refractivity contribution in [2.24, 2.45) is 5.92 Å². The number of nitrogens with one attached hydrogen (secondary N) is 1. The highest BCUT2D eigenvalue weighted by molar-refractivity contribution is 7.22. The minimum Gasteiger partial charge on any atom is -0.494 e. The second-order valence-electron chi connectivity index (χ2n) is 6.85. The summed E-state index contributed by atoms with van der Waals surface area (Å²) in [4.78, 5) is 19.2. The first-order chi connectivity index (χ1) is 13.0. The molecule has 0 radical (unpaired) electrons. The number of benzene rings is 1. The molecule has 2 aromatic heterocycles. The number of hydrogen-bond acceptors (Lipinski definition) is 6. The lowest BCUT2D eigenvalue weighted by molar-refractivity contribution is -0.125. The molecule has 0 atom stereocenters. The summed E-state index contributed by atoms with van der Waals surface area (Å²) >= 11 is 1.64. The molecule has 8 heteroatoms. The average Bonchev–Trinajstić information content (AvgIpc) is 3.16. The van der Waals surface area contributed by atoms with Gasteiger partial charge in [0, 0.05) is 25.3 Å². The zero-order valence-electron chi connectivity index (χ0n) is 15.7. The van der Waals surface area contributed by atoms with E-state index in [0.717, 1.165) is 32.5 Å². The highest BCUT2D eigenvalue weighted by atomic mass is 32.1. The molecule has 142 valence electrons. The topological polar surface area (TPSA) is 72.3 Å². The fraction of sp³-hybridized carbons (Fsp3) is 0.421. The van der Waals surface area contributed by atoms with E-state index in [4.69, 9.17) is 4.74 Å². The van der Waals surface area contributed by atoms with Gasteiger partial charge in [0.25, 0.3) is 0 Å². The quantitative estimate of drug-likeness (QED) is 0.705. The van der Waals surface area contributed by atoms with Gasteiger partial charge in [-0.3, -0.25) is 9.48 Å². The van der Waals surface area contributed by atoms with Gasteiger partial charge in [-0.2, -0.15) is 5.10 Å². The lowest BCUT2D eigenvalue weighted by Crippen LogP contribution is -2.54. The van der Waals surface area contributed by atoms with Gasteiger partial charge in [0.15, 0.2) is 5.13 Å². The summed E-state index contributed by atoms with van der Waals surface area (Å²) in [6.07, 6.45) is 0. The monoisotopic (exact) mass is 385 g/mol. The molecule has 0 aliphatic carbocycles. The van der Waals surface area contributed by atoms with Gasteiger partial charge in [-0.1, -0.05) is 17.4 Å². The highest BCUT2D eigenvalue weighted by Gasteiger charge is 2.34. The van der Waals surface area contributed by atoms with Gasteiger partial charge in [0.2, 0.25) is 5.91 Å². The number of fused-ring (bicyclic) bond motifs is 1. The van der Waals surface area contributed by atoms with E-state index < -0.39 is 0 Å². The van der Waals surface area contributed by atoms with Gasteiger partial charge in [0.1, 0.15) is 11.3 Å². The molecule has 1 aliphatic rings. The molecule has 0 saturated carbocycles. The number of nitrogens with zero attached hydrogens (tertiary/aromatic N) is 4. The van der Waals surface area contributed by atoms with Crippen LogP contribution in [0.15, 0.2) is 24.3 Å². The molecule has 1 fully saturated rings. The Bertz CT molecular complexity index is 974. The van der Waals surface area contributed by atoms with Gasteiger partial charge >= 0.3 is 0 Å². The third-order valence-electron chi connectivity index (χ3n) is 4.84. The predicted molar refractivity (Wildman–Crippen MR) is 107 cm³/mol. The molecule has 1 N–H and O–H groups in total. The molecular weight excluding hydrogens is 362 g/mol. The Kier molecular flexibility index (Phi) is 4.73. The number of rotatable bonds is 6. The van der Waals surface area contributed by atoms with Crippen LogP contribution in [0.2, 0.25) is 0 Å². The first-order valence-corrected chi connectivity index (χ1v) is 9.84. The second-order valence-corrected chi connectivity index (χ2v) is 7.86. The van der Waals surface area contributed by atoms with Crippen molar-refractivity contribution in [1.29, 1.82) is 0 Å². The molecule has 4 rings (SSSR count). The molecular formula is C19H23N5O2S. The zero-order chi connectivity index (χ0) is 19.0. The molecule has 3 heterocycles. The van der Waals surface area contributed by atoms with Crippen LogP contribution in [0.4, 0.5) is 5.13 Å². The Morgan fingerprint density at radius 3 is 2.89 bits per heavy atom. The third-order valence-corrected chi connectivity index (χ3v) is 5.92. The van der Waals surface area contributed by atoms with Crippen LogP contribution >= 0.6 is 11.3 Å². The third kappa shape index (κ3) is 3.49. The van der Waals surface area contributed by atoms with Crippen molar-refractivity contribution < 1.29 is 9.53 Å². The van der Waals surface area contributed by atoms with Crippen LogP contribution < -0.4 is 15.0 Å². The number of anilines is 1. The fourth-order valence-corrected chi connectivity index (χ4v) is 4.34. The molecule has 1 saturated heterocycles. The van der Waals surface area contributed by atoms with Crippen molar-refractivity contribution in [3.63, 3.8) is 0 Å². The summed E-state index contributed by atoms with van der Waals surface area (Å²) in [7, 11) is 1.66. The van der Waals surface area contributed by atoms with E-state index in [2.05, 4.69) is 20.3 Å². The van der Waals surface area contributed by atoms with Crippen molar-refractivity contribution in [3.8, 4) is 5.75 Å². The SMILES string of the molecule is COc1cccc2sc(N3CC(C(=O)NCCn4nc(C)cc4C)C3)nc12. The first kappa shape index (κ1) is 17.8. The van der Waals surface area contributed by atoms with Crippen molar-refractivity contribution in [3.05, 3.63) is 35.7 Å². The van der Waals surface area contributed by atoms with Crippen LogP contribution in [-0.2, 0) is 11.3 Å². The largest absolute Gasteiger partial charge is 0.494 e. The summed E-state index contributed by atoms with van der Waals surface area (Å²) in [5, 5.41) is 8.38. The Morgan fingerprint density at radius 1 is 1.37 bits per heavy atom. The number of hydrogen-bond donors (Lipinski definition) is 1. The van der Waals surface area contributed by atoms with Crippen LogP contribution in [0.3, 0.4) is 0 Å². The average molecular weight is 385 g/mol. The predicted octanol–water partition coefficient (Wildman–Crippen LogP) is 2.37. The molecule has 0 bridgehead atoms. The van der Waals surface area contributed by atoms with E-state index in [9.17, 15) is 4.79 Å². The molecule has 7 nitrogen and oxygen atoms in total. The number of aromatic nitrogens is 3. The lowest BCUT2D eigenvalue weighted by Gasteiger charge is -2.37. The van der Waals surface area contributed by atoms with E-state index >= 15 is 0 Å². The Morgan fingerprint density at radius 2 is 2.19 bits per heavy atom. The van der Waals surface area contributed by atoms with Crippen molar-refractivity contribution in [1.82, 2.24) is 20.1 Å². The van der Waals surface area contributed by atoms with Crippen molar-refractivity contribution >= 4 is 32.6 Å². The van der Waals surface area contributed by atoms with Crippen LogP contribution in [-0.4, -0.2) is 47.4 Å². The fourth-order valence-electron chi connectivity index (χ4n) is 3.34. The smallest absolute Gasteiger partial charge is 0.226 e. The van der Waals surface area contributed by atoms with Crippen LogP contribution in [0.1, 0.15) is 11.4 Å². The summed E-state index contributed by atoms with van der Waals surface area (Å²) < 4.78 is 8.40. The van der Waals surface area contributed by atoms with Crippen molar-refractivity contribution in [2.45, 2.75) is 20.4 Å². The maximum Gasteiger partial charge on any atom is 0.226 e. The van der Waals surface area contributed by atoms with E-state index in [0.29, 0.717) is 26.2 Å². The molecule has 1 aromatic carbocycles. The summed E-state index contributed by atoms with van der Waals surface area (Å²) in [5.74, 6) is 0.903. The van der Waals surface area contributed by atoms with Gasteiger partial charge in [-0.05, 0) is 32.0 Å². The first-order valence-electron chi connectivity index (χ1n) is 9.02. The number of aryl methyl sites for hydroxylation is 2. The maximum atomic E-state index is 12.4. The van der Waals surface area contributed by atoms with Crippen LogP contribution in [0.5, 0.6) is 5.75 Å². The zero-order valence-corrected chi connectivity index (χ0v) is 16.5. The Balaban J connectivity index is 1.30. The lowest BCUT2D eigenvalue weighted by atomic mass is 10.0. The molecule has 0 unspecified atom stereocenters. The Hall–Kier alpha value is -2.61. The summed E-state index contributed by atoms with van der Waals surface area (Å²) in [6, 6.07) is 7.97. The van der Waals surface area contributed by atoms with Gasteiger partial charge in [0.05, 0.1) is 30.0 Å². The minimum absolute atomic E-state index is 0.0133. The van der Waals surface area contributed by atoms with Gasteiger partial charge < -0.3 is 15.0 Å². The number of carbonyl (C=O) groups excluding carboxylic acids is 1. The molecule has 0 spiro atoms. The van der Waals surface area contributed by atoms with E-state index in [-0.39, 0.29) is 11.8 Å². The number of amides is 1. The minimum atomic E-state index is 0.0133.